The molecule has 10 nitrogen and oxygen atoms in total. The lowest BCUT2D eigenvalue weighted by molar-refractivity contribution is -0.384. The highest BCUT2D eigenvalue weighted by Crippen LogP contribution is 2.31. The second-order valence-electron chi connectivity index (χ2n) is 7.99. The molecule has 3 aromatic carbocycles. The van der Waals surface area contributed by atoms with Gasteiger partial charge in [0.2, 0.25) is 5.96 Å². The number of hydrogen-bond donors (Lipinski definition) is 3. The number of aromatic nitrogens is 2. The summed E-state index contributed by atoms with van der Waals surface area (Å²) in [5.74, 6) is -0.157. The molecular weight excluding hydrogens is 610 g/mol. The minimum absolute atomic E-state index is 0.00874. The van der Waals surface area contributed by atoms with Gasteiger partial charge in [0.15, 0.2) is 0 Å². The summed E-state index contributed by atoms with van der Waals surface area (Å²) < 4.78 is 28.7. The van der Waals surface area contributed by atoms with Crippen molar-refractivity contribution in [2.75, 3.05) is 11.9 Å². The fourth-order valence-electron chi connectivity index (χ4n) is 3.52. The normalized spacial score (nSPS) is 12.7. The molecule has 0 saturated heterocycles. The van der Waals surface area contributed by atoms with E-state index in [0.717, 1.165) is 24.3 Å². The summed E-state index contributed by atoms with van der Waals surface area (Å²) in [7, 11) is -4.23. The zero-order chi connectivity index (χ0) is 28.2. The zero-order valence-corrected chi connectivity index (χ0v) is 23.4. The first-order valence-electron chi connectivity index (χ1n) is 11.0. The van der Waals surface area contributed by atoms with Crippen LogP contribution in [0.4, 0.5) is 11.4 Å². The number of anilines is 1. The number of halogens is 4. The number of sulfonamides is 1. The highest BCUT2D eigenvalue weighted by molar-refractivity contribution is 7.90. The molecule has 1 atom stereocenters. The van der Waals surface area contributed by atoms with Crippen LogP contribution in [-0.4, -0.2) is 35.8 Å². The van der Waals surface area contributed by atoms with Crippen LogP contribution in [0, 0.1) is 10.1 Å². The summed E-state index contributed by atoms with van der Waals surface area (Å²) in [5, 5.41) is 15.3. The molecule has 1 heterocycles. The van der Waals surface area contributed by atoms with Crippen molar-refractivity contribution >= 4 is 73.8 Å². The Labute approximate surface area is 243 Å². The van der Waals surface area contributed by atoms with E-state index in [2.05, 4.69) is 25.0 Å². The second-order valence-corrected chi connectivity index (χ2v) is 11.4. The molecule has 0 bridgehead atoms. The van der Waals surface area contributed by atoms with E-state index < -0.39 is 20.9 Å². The van der Waals surface area contributed by atoms with Gasteiger partial charge in [0.05, 0.1) is 33.0 Å². The fraction of sp³-hybridized carbons (Fsp3) is 0.0833. The molecule has 1 aromatic heterocycles. The Kier molecular flexibility index (Phi) is 8.98. The van der Waals surface area contributed by atoms with Crippen molar-refractivity contribution < 1.29 is 13.3 Å². The van der Waals surface area contributed by atoms with E-state index in [1.54, 1.807) is 42.7 Å². The first-order chi connectivity index (χ1) is 18.5. The lowest BCUT2D eigenvalue weighted by Gasteiger charge is -2.18. The molecule has 0 radical (unpaired) electrons. The maximum Gasteiger partial charge on any atom is 0.269 e. The summed E-state index contributed by atoms with van der Waals surface area (Å²) in [6.07, 6.45) is 3.21. The van der Waals surface area contributed by atoms with Gasteiger partial charge in [-0.25, -0.2) is 18.1 Å². The smallest absolute Gasteiger partial charge is 0.269 e. The molecule has 15 heteroatoms. The van der Waals surface area contributed by atoms with Gasteiger partial charge in [0.25, 0.3) is 15.7 Å². The molecule has 0 aliphatic heterocycles. The van der Waals surface area contributed by atoms with Crippen molar-refractivity contribution in [2.45, 2.75) is 10.8 Å². The number of H-pyrrole nitrogens is 1. The summed E-state index contributed by atoms with van der Waals surface area (Å²) in [6.45, 7) is -0.00874. The van der Waals surface area contributed by atoms with Crippen LogP contribution < -0.4 is 10.0 Å². The predicted molar refractivity (Wildman–Crippen MR) is 153 cm³/mol. The molecule has 1 unspecified atom stereocenters. The Bertz CT molecular complexity index is 1630. The number of aromatic amines is 1. The van der Waals surface area contributed by atoms with Crippen LogP contribution in [0.15, 0.2) is 82.9 Å². The summed E-state index contributed by atoms with van der Waals surface area (Å²) in [5.41, 5.74) is 0.724. The zero-order valence-electron chi connectivity index (χ0n) is 19.6. The number of nitrogens with zero attached hydrogens (tertiary/aromatic N) is 3. The van der Waals surface area contributed by atoms with Gasteiger partial charge >= 0.3 is 0 Å². The molecule has 0 aliphatic rings. The monoisotopic (exact) mass is 626 g/mol. The second kappa shape index (κ2) is 12.2. The number of aliphatic imine (C=N–C) groups is 1. The topological polar surface area (TPSA) is 142 Å². The Morgan fingerprint density at radius 1 is 1.00 bits per heavy atom. The molecule has 202 valence electrons. The third kappa shape index (κ3) is 7.20. The molecule has 0 amide bonds. The lowest BCUT2D eigenvalue weighted by atomic mass is 9.98. The number of rotatable bonds is 8. The van der Waals surface area contributed by atoms with Gasteiger partial charge in [-0.1, -0.05) is 52.5 Å². The molecule has 39 heavy (non-hydrogen) atoms. The summed E-state index contributed by atoms with van der Waals surface area (Å²) in [6, 6.07) is 14.0. The van der Waals surface area contributed by atoms with E-state index in [1.165, 1.54) is 6.07 Å². The Morgan fingerprint density at radius 3 is 2.26 bits per heavy atom. The number of benzene rings is 3. The van der Waals surface area contributed by atoms with E-state index >= 15 is 0 Å². The van der Waals surface area contributed by atoms with Gasteiger partial charge in [-0.15, -0.1) is 0 Å². The number of imidazole rings is 1. The van der Waals surface area contributed by atoms with E-state index in [-0.39, 0.29) is 28.1 Å². The standard InChI is InChI=1S/C24H18Cl4N6O4S/c25-14-1-7-18(20(27)11-14)19(23-29-9-10-30-23)13-31-24(32-22-8-2-15(26)12-21(22)28)33-39(37,38)17-5-3-16(4-6-17)34(35)36/h1-12,19H,13H2,(H,29,30)(H2,31,32,33). The molecule has 0 fully saturated rings. The van der Waals surface area contributed by atoms with Crippen LogP contribution in [0.2, 0.25) is 20.1 Å². The van der Waals surface area contributed by atoms with E-state index in [0.29, 0.717) is 32.1 Å². The Morgan fingerprint density at radius 2 is 1.67 bits per heavy atom. The van der Waals surface area contributed by atoms with E-state index in [4.69, 9.17) is 46.4 Å². The highest BCUT2D eigenvalue weighted by atomic mass is 35.5. The van der Waals surface area contributed by atoms with Gasteiger partial charge in [0, 0.05) is 39.6 Å². The molecule has 4 rings (SSSR count). The first-order valence-corrected chi connectivity index (χ1v) is 14.0. The Hall–Kier alpha value is -3.35. The fourth-order valence-corrected chi connectivity index (χ4v) is 5.49. The van der Waals surface area contributed by atoms with Crippen molar-refractivity contribution in [2.24, 2.45) is 4.99 Å². The average molecular weight is 628 g/mol. The van der Waals surface area contributed by atoms with Crippen LogP contribution in [0.3, 0.4) is 0 Å². The SMILES string of the molecule is O=[N+]([O-])c1ccc(S(=O)(=O)NC(=NCC(c2ncc[nH]2)c2ccc(Cl)cc2Cl)Nc2ccc(Cl)cc2Cl)cc1. The van der Waals surface area contributed by atoms with Gasteiger partial charge in [-0.2, -0.15) is 0 Å². The van der Waals surface area contributed by atoms with Crippen molar-refractivity contribution in [1.82, 2.24) is 14.7 Å². The Balaban J connectivity index is 1.72. The maximum absolute atomic E-state index is 13.2. The van der Waals surface area contributed by atoms with Crippen LogP contribution in [0.1, 0.15) is 17.3 Å². The van der Waals surface area contributed by atoms with Crippen molar-refractivity contribution in [3.63, 3.8) is 0 Å². The summed E-state index contributed by atoms with van der Waals surface area (Å²) in [4.78, 5) is 22.0. The van der Waals surface area contributed by atoms with Gasteiger partial charge in [0.1, 0.15) is 5.82 Å². The predicted octanol–water partition coefficient (Wildman–Crippen LogP) is 6.51. The highest BCUT2D eigenvalue weighted by Gasteiger charge is 2.22. The number of nitrogens with one attached hydrogen (secondary N) is 3. The lowest BCUT2D eigenvalue weighted by Crippen LogP contribution is -2.36. The number of nitro benzene ring substituents is 1. The van der Waals surface area contributed by atoms with E-state index in [1.807, 2.05) is 0 Å². The van der Waals surface area contributed by atoms with Crippen molar-refractivity contribution in [1.29, 1.82) is 0 Å². The third-order valence-corrected chi connectivity index (χ3v) is 7.86. The average Bonchev–Trinajstić information content (AvgIpc) is 3.41. The first kappa shape index (κ1) is 28.7. The quantitative estimate of drug-likeness (QED) is 0.0879. The molecule has 0 aliphatic carbocycles. The van der Waals surface area contributed by atoms with Gasteiger partial charge in [-0.05, 0) is 48.0 Å². The van der Waals surface area contributed by atoms with Crippen LogP contribution in [0.5, 0.6) is 0 Å². The molecule has 4 aromatic rings. The minimum atomic E-state index is -4.23. The number of guanidine groups is 1. The van der Waals surface area contributed by atoms with Gasteiger partial charge in [-0.3, -0.25) is 15.1 Å². The van der Waals surface area contributed by atoms with Crippen LogP contribution in [0.25, 0.3) is 0 Å². The summed E-state index contributed by atoms with van der Waals surface area (Å²) >= 11 is 24.8. The molecular formula is C24H18Cl4N6O4S. The molecule has 3 N–H and O–H groups in total. The number of nitro groups is 1. The van der Waals surface area contributed by atoms with Crippen molar-refractivity contribution in [3.8, 4) is 0 Å². The minimum Gasteiger partial charge on any atom is -0.348 e. The van der Waals surface area contributed by atoms with E-state index in [9.17, 15) is 18.5 Å². The molecule has 0 spiro atoms. The molecule has 0 saturated carbocycles. The largest absolute Gasteiger partial charge is 0.348 e. The van der Waals surface area contributed by atoms with Crippen molar-refractivity contribution in [3.05, 3.63) is 115 Å². The third-order valence-electron chi connectivity index (χ3n) is 5.39. The van der Waals surface area contributed by atoms with Crippen LogP contribution >= 0.6 is 46.4 Å². The van der Waals surface area contributed by atoms with Crippen LogP contribution in [-0.2, 0) is 10.0 Å². The maximum atomic E-state index is 13.2. The van der Waals surface area contributed by atoms with Gasteiger partial charge < -0.3 is 10.3 Å². The number of non-ortho nitro benzene ring substituents is 1. The number of hydrogen-bond acceptors (Lipinski definition) is 6.